The Bertz CT molecular complexity index is 559. The summed E-state index contributed by atoms with van der Waals surface area (Å²) in [5, 5.41) is 13.9. The van der Waals surface area contributed by atoms with Crippen molar-refractivity contribution in [1.82, 2.24) is 10.6 Å². The molecular weight excluding hydrogens is 284 g/mol. The van der Waals surface area contributed by atoms with Crippen LogP contribution in [0.4, 0.5) is 0 Å². The Balaban J connectivity index is 2.61. The lowest BCUT2D eigenvalue weighted by Crippen LogP contribution is -2.38. The van der Waals surface area contributed by atoms with Gasteiger partial charge in [-0.25, -0.2) is 0 Å². The second-order valence-corrected chi connectivity index (χ2v) is 6.16. The fourth-order valence-electron chi connectivity index (χ4n) is 1.56. The van der Waals surface area contributed by atoms with Gasteiger partial charge in [-0.1, -0.05) is 32.9 Å². The standard InChI is InChI=1S/C16H22N2O4/c1-10(14(20)21)18-13(19)12-7-5-11(6-8-12)9-17-15(22)16(2,3)4/h5-8,10H,9H2,1-4H3,(H,17,22)(H,18,19)(H,20,21). The van der Waals surface area contributed by atoms with E-state index in [0.717, 1.165) is 5.56 Å². The van der Waals surface area contributed by atoms with Gasteiger partial charge in [-0.2, -0.15) is 0 Å². The first-order chi connectivity index (χ1) is 10.1. The zero-order valence-electron chi connectivity index (χ0n) is 13.3. The molecule has 6 heteroatoms. The minimum atomic E-state index is -1.09. The molecule has 0 heterocycles. The van der Waals surface area contributed by atoms with Crippen LogP contribution in [0.25, 0.3) is 0 Å². The maximum atomic E-state index is 11.8. The number of aliphatic carboxylic acids is 1. The van der Waals surface area contributed by atoms with Gasteiger partial charge in [0.25, 0.3) is 5.91 Å². The summed E-state index contributed by atoms with van der Waals surface area (Å²) in [6, 6.07) is 5.70. The number of rotatable bonds is 5. The van der Waals surface area contributed by atoms with Gasteiger partial charge >= 0.3 is 5.97 Å². The molecule has 6 nitrogen and oxygen atoms in total. The van der Waals surface area contributed by atoms with E-state index in [1.807, 2.05) is 20.8 Å². The van der Waals surface area contributed by atoms with Crippen molar-refractivity contribution in [2.24, 2.45) is 5.41 Å². The van der Waals surface area contributed by atoms with Crippen LogP contribution in [-0.2, 0) is 16.1 Å². The highest BCUT2D eigenvalue weighted by atomic mass is 16.4. The number of hydrogen-bond donors (Lipinski definition) is 3. The number of carbonyl (C=O) groups excluding carboxylic acids is 2. The van der Waals surface area contributed by atoms with Crippen molar-refractivity contribution in [1.29, 1.82) is 0 Å². The Morgan fingerprint density at radius 3 is 2.14 bits per heavy atom. The van der Waals surface area contributed by atoms with E-state index in [1.54, 1.807) is 24.3 Å². The summed E-state index contributed by atoms with van der Waals surface area (Å²) in [6.45, 7) is 7.28. The fraction of sp³-hybridized carbons (Fsp3) is 0.438. The normalized spacial score (nSPS) is 12.4. The van der Waals surface area contributed by atoms with E-state index in [0.29, 0.717) is 12.1 Å². The van der Waals surface area contributed by atoms with Crippen molar-refractivity contribution in [2.45, 2.75) is 40.3 Å². The van der Waals surface area contributed by atoms with Crippen molar-refractivity contribution >= 4 is 17.8 Å². The van der Waals surface area contributed by atoms with Gasteiger partial charge in [-0.05, 0) is 24.6 Å². The lowest BCUT2D eigenvalue weighted by Gasteiger charge is -2.17. The molecule has 0 saturated carbocycles. The summed E-state index contributed by atoms with van der Waals surface area (Å²) in [6.07, 6.45) is 0. The van der Waals surface area contributed by atoms with E-state index in [4.69, 9.17) is 5.11 Å². The molecule has 0 aliphatic heterocycles. The monoisotopic (exact) mass is 306 g/mol. The number of carbonyl (C=O) groups is 3. The molecule has 22 heavy (non-hydrogen) atoms. The van der Waals surface area contributed by atoms with Crippen LogP contribution in [0.3, 0.4) is 0 Å². The van der Waals surface area contributed by atoms with Crippen LogP contribution in [0.15, 0.2) is 24.3 Å². The molecule has 0 fully saturated rings. The molecular formula is C16H22N2O4. The van der Waals surface area contributed by atoms with Crippen LogP contribution in [0.2, 0.25) is 0 Å². The summed E-state index contributed by atoms with van der Waals surface area (Å²) in [4.78, 5) is 34.3. The molecule has 0 radical (unpaired) electrons. The highest BCUT2D eigenvalue weighted by molar-refractivity contribution is 5.96. The van der Waals surface area contributed by atoms with Crippen LogP contribution in [0.1, 0.15) is 43.6 Å². The highest BCUT2D eigenvalue weighted by Gasteiger charge is 2.20. The second-order valence-electron chi connectivity index (χ2n) is 6.16. The Hall–Kier alpha value is -2.37. The second kappa shape index (κ2) is 7.06. The maximum Gasteiger partial charge on any atom is 0.325 e. The largest absolute Gasteiger partial charge is 0.480 e. The Morgan fingerprint density at radius 2 is 1.68 bits per heavy atom. The van der Waals surface area contributed by atoms with E-state index >= 15 is 0 Å². The van der Waals surface area contributed by atoms with Crippen molar-refractivity contribution in [2.75, 3.05) is 0 Å². The summed E-state index contributed by atoms with van der Waals surface area (Å²) < 4.78 is 0. The molecule has 0 spiro atoms. The fourth-order valence-corrected chi connectivity index (χ4v) is 1.56. The number of benzene rings is 1. The summed E-state index contributed by atoms with van der Waals surface area (Å²) in [5.74, 6) is -1.58. The van der Waals surface area contributed by atoms with Crippen molar-refractivity contribution in [3.05, 3.63) is 35.4 Å². The zero-order valence-corrected chi connectivity index (χ0v) is 13.3. The molecule has 0 bridgehead atoms. The van der Waals surface area contributed by atoms with E-state index < -0.39 is 23.3 Å². The minimum Gasteiger partial charge on any atom is -0.480 e. The van der Waals surface area contributed by atoms with Crippen LogP contribution < -0.4 is 10.6 Å². The molecule has 1 atom stereocenters. The van der Waals surface area contributed by atoms with Gasteiger partial charge < -0.3 is 15.7 Å². The average molecular weight is 306 g/mol. The van der Waals surface area contributed by atoms with Crippen LogP contribution in [-0.4, -0.2) is 28.9 Å². The molecule has 0 aliphatic carbocycles. The third-order valence-corrected chi connectivity index (χ3v) is 3.07. The first-order valence-corrected chi connectivity index (χ1v) is 7.02. The van der Waals surface area contributed by atoms with Gasteiger partial charge in [0, 0.05) is 17.5 Å². The average Bonchev–Trinajstić information content (AvgIpc) is 2.43. The molecule has 1 rings (SSSR count). The zero-order chi connectivity index (χ0) is 16.9. The Kier molecular flexibility index (Phi) is 5.68. The number of carboxylic acids is 1. The molecule has 1 unspecified atom stereocenters. The van der Waals surface area contributed by atoms with E-state index in [9.17, 15) is 14.4 Å². The SMILES string of the molecule is CC(NC(=O)c1ccc(CNC(=O)C(C)(C)C)cc1)C(=O)O. The van der Waals surface area contributed by atoms with Gasteiger partial charge in [0.2, 0.25) is 5.91 Å². The summed E-state index contributed by atoms with van der Waals surface area (Å²) in [5.41, 5.74) is 0.784. The summed E-state index contributed by atoms with van der Waals surface area (Å²) >= 11 is 0. The van der Waals surface area contributed by atoms with Gasteiger partial charge in [-0.3, -0.25) is 14.4 Å². The lowest BCUT2D eigenvalue weighted by atomic mass is 9.95. The Morgan fingerprint density at radius 1 is 1.14 bits per heavy atom. The van der Waals surface area contributed by atoms with Gasteiger partial charge in [0.15, 0.2) is 0 Å². The molecule has 0 aromatic heterocycles. The lowest BCUT2D eigenvalue weighted by molar-refractivity contribution is -0.138. The number of amides is 2. The molecule has 0 aliphatic rings. The number of nitrogens with one attached hydrogen (secondary N) is 2. The Labute approximate surface area is 129 Å². The highest BCUT2D eigenvalue weighted by Crippen LogP contribution is 2.13. The van der Waals surface area contributed by atoms with Gasteiger partial charge in [-0.15, -0.1) is 0 Å². The molecule has 120 valence electrons. The predicted octanol–water partition coefficient (Wildman–Crippen LogP) is 1.55. The molecule has 2 amide bonds. The third-order valence-electron chi connectivity index (χ3n) is 3.07. The summed E-state index contributed by atoms with van der Waals surface area (Å²) in [7, 11) is 0. The van der Waals surface area contributed by atoms with Crippen molar-refractivity contribution < 1.29 is 19.5 Å². The molecule has 1 aromatic rings. The first kappa shape index (κ1) is 17.7. The predicted molar refractivity (Wildman–Crippen MR) is 82.3 cm³/mol. The quantitative estimate of drug-likeness (QED) is 0.769. The molecule has 0 saturated heterocycles. The number of carboxylic acid groups (broad SMARTS) is 1. The molecule has 1 aromatic carbocycles. The van der Waals surface area contributed by atoms with E-state index in [-0.39, 0.29) is 5.91 Å². The smallest absolute Gasteiger partial charge is 0.325 e. The van der Waals surface area contributed by atoms with Crippen LogP contribution in [0, 0.1) is 5.41 Å². The van der Waals surface area contributed by atoms with Gasteiger partial charge in [0.1, 0.15) is 6.04 Å². The van der Waals surface area contributed by atoms with E-state index in [1.165, 1.54) is 6.92 Å². The minimum absolute atomic E-state index is 0.0513. The number of hydrogen-bond acceptors (Lipinski definition) is 3. The van der Waals surface area contributed by atoms with E-state index in [2.05, 4.69) is 10.6 Å². The molecule has 3 N–H and O–H groups in total. The van der Waals surface area contributed by atoms with Crippen molar-refractivity contribution in [3.8, 4) is 0 Å². The van der Waals surface area contributed by atoms with Crippen molar-refractivity contribution in [3.63, 3.8) is 0 Å². The first-order valence-electron chi connectivity index (χ1n) is 7.02. The van der Waals surface area contributed by atoms with Crippen LogP contribution in [0.5, 0.6) is 0 Å². The topological polar surface area (TPSA) is 95.5 Å². The van der Waals surface area contributed by atoms with Crippen LogP contribution >= 0.6 is 0 Å². The van der Waals surface area contributed by atoms with Gasteiger partial charge in [0.05, 0.1) is 0 Å². The third kappa shape index (κ3) is 5.20. The maximum absolute atomic E-state index is 11.8.